The molecule has 0 N–H and O–H groups in total. The van der Waals surface area contributed by atoms with Crippen molar-refractivity contribution in [3.05, 3.63) is 47.5 Å². The lowest BCUT2D eigenvalue weighted by Gasteiger charge is -2.36. The molecule has 31 heavy (non-hydrogen) atoms. The zero-order valence-electron chi connectivity index (χ0n) is 19.2. The largest absolute Gasteiger partial charge is 0.496 e. The van der Waals surface area contributed by atoms with Crippen LogP contribution in [0.25, 0.3) is 0 Å². The number of carbonyl (C=O) groups excluding carboxylic acids is 1. The second-order valence-corrected chi connectivity index (χ2v) is 9.22. The summed E-state index contributed by atoms with van der Waals surface area (Å²) in [6.07, 6.45) is 9.51. The number of rotatable bonds is 6. The maximum absolute atomic E-state index is 12.8. The van der Waals surface area contributed by atoms with Crippen LogP contribution in [0.5, 0.6) is 5.75 Å². The third kappa shape index (κ3) is 5.12. The van der Waals surface area contributed by atoms with Gasteiger partial charge in [-0.25, -0.2) is 4.98 Å². The Balaban J connectivity index is 1.37. The Kier molecular flexibility index (Phi) is 6.96. The molecule has 1 aromatic heterocycles. The lowest BCUT2D eigenvalue weighted by molar-refractivity contribution is -0.136. The number of aromatic nitrogens is 2. The normalized spacial score (nSPS) is 21.3. The first-order chi connectivity index (χ1) is 15.0. The van der Waals surface area contributed by atoms with Crippen LogP contribution in [0.4, 0.5) is 0 Å². The van der Waals surface area contributed by atoms with Crippen LogP contribution in [-0.2, 0) is 17.9 Å². The average Bonchev–Trinajstić information content (AvgIpc) is 3.10. The number of hydrogen-bond donors (Lipinski definition) is 0. The zero-order valence-corrected chi connectivity index (χ0v) is 19.2. The number of amides is 1. The molecule has 0 bridgehead atoms. The lowest BCUT2D eigenvalue weighted by atomic mass is 9.81. The van der Waals surface area contributed by atoms with Crippen LogP contribution < -0.4 is 4.74 Å². The van der Waals surface area contributed by atoms with Crippen molar-refractivity contribution in [2.45, 2.75) is 52.1 Å². The first kappa shape index (κ1) is 21.9. The molecular formula is C25H36N4O2. The van der Waals surface area contributed by atoms with E-state index < -0.39 is 0 Å². The smallest absolute Gasteiger partial charge is 0.225 e. The summed E-state index contributed by atoms with van der Waals surface area (Å²) in [7, 11) is 3.71. The van der Waals surface area contributed by atoms with Crippen LogP contribution in [0.3, 0.4) is 0 Å². The van der Waals surface area contributed by atoms with Crippen molar-refractivity contribution in [1.29, 1.82) is 0 Å². The van der Waals surface area contributed by atoms with Crippen molar-refractivity contribution < 1.29 is 9.53 Å². The quantitative estimate of drug-likeness (QED) is 0.709. The Morgan fingerprint density at radius 3 is 2.61 bits per heavy atom. The summed E-state index contributed by atoms with van der Waals surface area (Å²) in [5.74, 6) is 3.09. The van der Waals surface area contributed by atoms with E-state index in [-0.39, 0.29) is 5.92 Å². The SMILES string of the molecule is COc1ccc(CN2CCC(C3CCCCN(C)C3=O)CC2)cc1Cn1ccnc1C. The Hall–Kier alpha value is -2.34. The minimum absolute atomic E-state index is 0.237. The molecule has 2 aliphatic rings. The predicted molar refractivity (Wildman–Crippen MR) is 122 cm³/mol. The van der Waals surface area contributed by atoms with Crippen LogP contribution in [0.15, 0.2) is 30.6 Å². The molecular weight excluding hydrogens is 388 g/mol. The molecule has 1 amide bonds. The van der Waals surface area contributed by atoms with Crippen LogP contribution in [-0.4, -0.2) is 59.0 Å². The van der Waals surface area contributed by atoms with Crippen LogP contribution >= 0.6 is 0 Å². The third-order valence-electron chi connectivity index (χ3n) is 7.17. The first-order valence-corrected chi connectivity index (χ1v) is 11.7. The summed E-state index contributed by atoms with van der Waals surface area (Å²) in [6, 6.07) is 6.54. The molecule has 168 valence electrons. The standard InChI is InChI=1S/C25H36N4O2/c1-19-26-11-15-29(19)18-22-16-20(7-8-24(22)31-3)17-28-13-9-21(10-14-28)23-6-4-5-12-27(2)25(23)30/h7-8,11,15-16,21,23H,4-6,9-10,12-14,17-18H2,1-3H3. The molecule has 2 saturated heterocycles. The van der Waals surface area contributed by atoms with Crippen molar-refractivity contribution in [2.75, 3.05) is 33.8 Å². The molecule has 4 rings (SSSR count). The molecule has 0 spiro atoms. The van der Waals surface area contributed by atoms with Gasteiger partial charge in [0.1, 0.15) is 11.6 Å². The number of ether oxygens (including phenoxy) is 1. The second kappa shape index (κ2) is 9.86. The van der Waals surface area contributed by atoms with Crippen molar-refractivity contribution >= 4 is 5.91 Å². The van der Waals surface area contributed by atoms with Crippen LogP contribution in [0.1, 0.15) is 49.1 Å². The van der Waals surface area contributed by atoms with Crippen LogP contribution in [0.2, 0.25) is 0 Å². The summed E-state index contributed by atoms with van der Waals surface area (Å²) < 4.78 is 7.75. The fourth-order valence-corrected chi connectivity index (χ4v) is 5.25. The first-order valence-electron chi connectivity index (χ1n) is 11.7. The highest BCUT2D eigenvalue weighted by Gasteiger charge is 2.33. The van der Waals surface area contributed by atoms with E-state index in [0.29, 0.717) is 11.8 Å². The van der Waals surface area contributed by atoms with Gasteiger partial charge in [0.15, 0.2) is 0 Å². The van der Waals surface area contributed by atoms with Gasteiger partial charge in [-0.1, -0.05) is 12.5 Å². The Bertz CT molecular complexity index is 885. The van der Waals surface area contributed by atoms with Gasteiger partial charge >= 0.3 is 0 Å². The minimum Gasteiger partial charge on any atom is -0.496 e. The van der Waals surface area contributed by atoms with E-state index in [2.05, 4.69) is 32.7 Å². The molecule has 6 nitrogen and oxygen atoms in total. The summed E-state index contributed by atoms with van der Waals surface area (Å²) in [5.41, 5.74) is 2.50. The van der Waals surface area contributed by atoms with Crippen molar-refractivity contribution in [3.8, 4) is 5.75 Å². The van der Waals surface area contributed by atoms with Crippen LogP contribution in [0, 0.1) is 18.8 Å². The van der Waals surface area contributed by atoms with Gasteiger partial charge in [-0.2, -0.15) is 0 Å². The number of likely N-dealkylation sites (tertiary alicyclic amines) is 2. The molecule has 0 aliphatic carbocycles. The number of imidazole rings is 1. The molecule has 1 atom stereocenters. The molecule has 2 fully saturated rings. The summed E-state index contributed by atoms with van der Waals surface area (Å²) in [4.78, 5) is 21.6. The highest BCUT2D eigenvalue weighted by molar-refractivity contribution is 5.79. The van der Waals surface area contributed by atoms with E-state index in [1.165, 1.54) is 17.5 Å². The van der Waals surface area contributed by atoms with E-state index in [1.54, 1.807) is 7.11 Å². The monoisotopic (exact) mass is 424 g/mol. The zero-order chi connectivity index (χ0) is 21.8. The average molecular weight is 425 g/mol. The van der Waals surface area contributed by atoms with Gasteiger partial charge in [0.05, 0.1) is 13.7 Å². The Labute approximate surface area is 186 Å². The molecule has 0 radical (unpaired) electrons. The highest BCUT2D eigenvalue weighted by atomic mass is 16.5. The van der Waals surface area contributed by atoms with Gasteiger partial charge in [-0.15, -0.1) is 0 Å². The summed E-state index contributed by atoms with van der Waals surface area (Å²) in [5, 5.41) is 0. The van der Waals surface area contributed by atoms with Gasteiger partial charge in [0.2, 0.25) is 5.91 Å². The summed E-state index contributed by atoms with van der Waals surface area (Å²) >= 11 is 0. The fraction of sp³-hybridized carbons (Fsp3) is 0.600. The molecule has 1 aromatic carbocycles. The lowest BCUT2D eigenvalue weighted by Crippen LogP contribution is -2.41. The number of aryl methyl sites for hydroxylation is 1. The fourth-order valence-electron chi connectivity index (χ4n) is 5.25. The van der Waals surface area contributed by atoms with Crippen molar-refractivity contribution in [3.63, 3.8) is 0 Å². The minimum atomic E-state index is 0.237. The number of nitrogens with zero attached hydrogens (tertiary/aromatic N) is 4. The van der Waals surface area contributed by atoms with Gasteiger partial charge in [-0.05, 0) is 69.3 Å². The van der Waals surface area contributed by atoms with Gasteiger partial charge in [-0.3, -0.25) is 9.69 Å². The topological polar surface area (TPSA) is 50.6 Å². The van der Waals surface area contributed by atoms with E-state index >= 15 is 0 Å². The molecule has 0 saturated carbocycles. The number of piperidine rings is 1. The third-order valence-corrected chi connectivity index (χ3v) is 7.17. The van der Waals surface area contributed by atoms with Gasteiger partial charge < -0.3 is 14.2 Å². The number of benzene rings is 1. The molecule has 6 heteroatoms. The number of hydrogen-bond acceptors (Lipinski definition) is 4. The molecule has 2 aliphatic heterocycles. The van der Waals surface area contributed by atoms with Gasteiger partial charge in [0.25, 0.3) is 0 Å². The molecule has 1 unspecified atom stereocenters. The Morgan fingerprint density at radius 1 is 1.10 bits per heavy atom. The van der Waals surface area contributed by atoms with Crippen molar-refractivity contribution in [2.24, 2.45) is 11.8 Å². The predicted octanol–water partition coefficient (Wildman–Crippen LogP) is 3.72. The van der Waals surface area contributed by atoms with E-state index in [4.69, 9.17) is 4.74 Å². The maximum Gasteiger partial charge on any atom is 0.225 e. The van der Waals surface area contributed by atoms with E-state index in [0.717, 1.165) is 70.0 Å². The molecule has 2 aromatic rings. The maximum atomic E-state index is 12.8. The summed E-state index contributed by atoms with van der Waals surface area (Å²) in [6.45, 7) is 6.80. The van der Waals surface area contributed by atoms with Gasteiger partial charge in [0, 0.05) is 44.0 Å². The van der Waals surface area contributed by atoms with E-state index in [9.17, 15) is 4.79 Å². The number of methoxy groups -OCH3 is 1. The second-order valence-electron chi connectivity index (χ2n) is 9.22. The van der Waals surface area contributed by atoms with Crippen molar-refractivity contribution in [1.82, 2.24) is 19.4 Å². The highest BCUT2D eigenvalue weighted by Crippen LogP contribution is 2.32. The molecule has 3 heterocycles. The van der Waals surface area contributed by atoms with E-state index in [1.807, 2.05) is 31.3 Å². The number of carbonyl (C=O) groups is 1. The Morgan fingerprint density at radius 2 is 1.90 bits per heavy atom.